The highest BCUT2D eigenvalue weighted by molar-refractivity contribution is 5.77. The predicted molar refractivity (Wildman–Crippen MR) is 77.0 cm³/mol. The number of morpholine rings is 1. The first-order chi connectivity index (χ1) is 8.65. The van der Waals surface area contributed by atoms with Gasteiger partial charge in [-0.25, -0.2) is 0 Å². The Hall–Kier alpha value is -0.650. The van der Waals surface area contributed by atoms with Gasteiger partial charge in [0.05, 0.1) is 13.2 Å². The molecule has 0 spiro atoms. The third-order valence-electron chi connectivity index (χ3n) is 3.36. The number of ether oxygens (including phenoxy) is 1. The highest BCUT2D eigenvalue weighted by Gasteiger charge is 2.36. The van der Waals surface area contributed by atoms with Crippen LogP contribution in [0, 0.1) is 0 Å². The van der Waals surface area contributed by atoms with Gasteiger partial charge in [0.15, 0.2) is 0 Å². The van der Waals surface area contributed by atoms with E-state index in [0.29, 0.717) is 26.2 Å². The first-order valence-electron chi connectivity index (χ1n) is 7.01. The van der Waals surface area contributed by atoms with Gasteiger partial charge < -0.3 is 15.8 Å². The summed E-state index contributed by atoms with van der Waals surface area (Å²) in [6, 6.07) is 0.0706. The van der Waals surface area contributed by atoms with Crippen molar-refractivity contribution >= 4 is 5.91 Å². The summed E-state index contributed by atoms with van der Waals surface area (Å²) in [4.78, 5) is 14.4. The van der Waals surface area contributed by atoms with E-state index in [1.165, 1.54) is 0 Å². The molecule has 1 atom stereocenters. The Morgan fingerprint density at radius 1 is 1.47 bits per heavy atom. The fourth-order valence-electron chi connectivity index (χ4n) is 2.55. The Bertz CT molecular complexity index is 310. The van der Waals surface area contributed by atoms with E-state index in [-0.39, 0.29) is 23.0 Å². The van der Waals surface area contributed by atoms with E-state index in [1.807, 2.05) is 20.8 Å². The summed E-state index contributed by atoms with van der Waals surface area (Å²) in [6.07, 6.45) is 0.442. The van der Waals surface area contributed by atoms with E-state index in [0.717, 1.165) is 6.54 Å². The minimum atomic E-state index is -0.198. The van der Waals surface area contributed by atoms with Crippen LogP contribution in [0.3, 0.4) is 0 Å². The van der Waals surface area contributed by atoms with Crippen molar-refractivity contribution in [3.63, 3.8) is 0 Å². The van der Waals surface area contributed by atoms with Crippen LogP contribution in [0.15, 0.2) is 0 Å². The molecule has 0 aromatic heterocycles. The van der Waals surface area contributed by atoms with Crippen LogP contribution in [-0.2, 0) is 9.53 Å². The fourth-order valence-corrected chi connectivity index (χ4v) is 2.55. The Morgan fingerprint density at radius 3 is 2.58 bits per heavy atom. The summed E-state index contributed by atoms with van der Waals surface area (Å²) in [5.74, 6) is 0.0604. The van der Waals surface area contributed by atoms with Crippen molar-refractivity contribution in [2.75, 3.05) is 26.3 Å². The Balaban J connectivity index is 2.64. The second kappa shape index (κ2) is 6.20. The highest BCUT2D eigenvalue weighted by atomic mass is 16.5. The van der Waals surface area contributed by atoms with Crippen LogP contribution in [0.2, 0.25) is 0 Å². The number of carbonyl (C=O) groups excluding carboxylic acids is 1. The van der Waals surface area contributed by atoms with Gasteiger partial charge in [-0.15, -0.1) is 0 Å². The minimum absolute atomic E-state index is 0.0604. The van der Waals surface area contributed by atoms with Gasteiger partial charge in [-0.05, 0) is 34.6 Å². The molecular weight excluding hydrogens is 242 g/mol. The number of nitrogens with two attached hydrogens (primary N) is 1. The van der Waals surface area contributed by atoms with Crippen molar-refractivity contribution in [2.45, 2.75) is 58.2 Å². The lowest BCUT2D eigenvalue weighted by Gasteiger charge is -2.46. The molecule has 1 aliphatic heterocycles. The van der Waals surface area contributed by atoms with E-state index in [4.69, 9.17) is 10.5 Å². The highest BCUT2D eigenvalue weighted by Crippen LogP contribution is 2.23. The zero-order valence-electron chi connectivity index (χ0n) is 13.0. The summed E-state index contributed by atoms with van der Waals surface area (Å²) < 4.78 is 5.51. The van der Waals surface area contributed by atoms with Gasteiger partial charge in [-0.3, -0.25) is 9.69 Å². The van der Waals surface area contributed by atoms with Crippen LogP contribution < -0.4 is 11.1 Å². The number of amides is 1. The fraction of sp³-hybridized carbons (Fsp3) is 0.929. The lowest BCUT2D eigenvalue weighted by atomic mass is 9.97. The Kier molecular flexibility index (Phi) is 5.35. The van der Waals surface area contributed by atoms with E-state index < -0.39 is 0 Å². The maximum atomic E-state index is 12.1. The SMILES string of the molecule is CC(C)(C)NC(=O)CC(CN)N1CCOCC1(C)C. The van der Waals surface area contributed by atoms with E-state index in [2.05, 4.69) is 24.1 Å². The largest absolute Gasteiger partial charge is 0.378 e. The lowest BCUT2D eigenvalue weighted by Crippen LogP contribution is -2.60. The van der Waals surface area contributed by atoms with Crippen LogP contribution in [0.4, 0.5) is 0 Å². The summed E-state index contributed by atoms with van der Waals surface area (Å²) in [5.41, 5.74) is 5.61. The number of nitrogens with one attached hydrogen (secondary N) is 1. The monoisotopic (exact) mass is 271 g/mol. The number of nitrogens with zero attached hydrogens (tertiary/aromatic N) is 1. The molecule has 1 fully saturated rings. The number of carbonyl (C=O) groups is 1. The Labute approximate surface area is 116 Å². The number of rotatable bonds is 4. The topological polar surface area (TPSA) is 67.6 Å². The summed E-state index contributed by atoms with van der Waals surface area (Å²) >= 11 is 0. The van der Waals surface area contributed by atoms with Crippen molar-refractivity contribution in [1.29, 1.82) is 0 Å². The van der Waals surface area contributed by atoms with E-state index in [1.54, 1.807) is 0 Å². The molecule has 0 bridgehead atoms. The van der Waals surface area contributed by atoms with Crippen LogP contribution in [0.5, 0.6) is 0 Å². The molecule has 1 amide bonds. The predicted octanol–water partition coefficient (Wildman–Crippen LogP) is 0.729. The van der Waals surface area contributed by atoms with Crippen molar-refractivity contribution in [2.24, 2.45) is 5.73 Å². The molecule has 1 saturated heterocycles. The molecule has 5 nitrogen and oxygen atoms in total. The maximum Gasteiger partial charge on any atom is 0.222 e. The average Bonchev–Trinajstić information content (AvgIpc) is 2.23. The zero-order chi connectivity index (χ0) is 14.7. The van der Waals surface area contributed by atoms with Crippen molar-refractivity contribution in [1.82, 2.24) is 10.2 Å². The lowest BCUT2D eigenvalue weighted by molar-refractivity contribution is -0.126. The van der Waals surface area contributed by atoms with Gasteiger partial charge in [-0.1, -0.05) is 0 Å². The third kappa shape index (κ3) is 5.09. The van der Waals surface area contributed by atoms with Gasteiger partial charge in [0.2, 0.25) is 5.91 Å². The van der Waals surface area contributed by atoms with E-state index in [9.17, 15) is 4.79 Å². The first kappa shape index (κ1) is 16.4. The smallest absolute Gasteiger partial charge is 0.222 e. The molecule has 1 heterocycles. The quantitative estimate of drug-likeness (QED) is 0.791. The van der Waals surface area contributed by atoms with Gasteiger partial charge in [0.25, 0.3) is 0 Å². The third-order valence-corrected chi connectivity index (χ3v) is 3.36. The standard InChI is InChI=1S/C14H29N3O2/c1-13(2,3)16-12(18)8-11(9-15)17-6-7-19-10-14(17,4)5/h11H,6-10,15H2,1-5H3,(H,16,18). The summed E-state index contributed by atoms with van der Waals surface area (Å²) in [5, 5.41) is 3.00. The zero-order valence-corrected chi connectivity index (χ0v) is 13.0. The second-order valence-electron chi connectivity index (χ2n) is 6.95. The maximum absolute atomic E-state index is 12.1. The molecule has 1 rings (SSSR count). The van der Waals surface area contributed by atoms with Crippen LogP contribution in [0.1, 0.15) is 41.0 Å². The van der Waals surface area contributed by atoms with Crippen LogP contribution in [-0.4, -0.2) is 54.2 Å². The van der Waals surface area contributed by atoms with Gasteiger partial charge in [0, 0.05) is 36.6 Å². The minimum Gasteiger partial charge on any atom is -0.378 e. The first-order valence-corrected chi connectivity index (χ1v) is 7.01. The molecule has 112 valence electrons. The molecule has 0 radical (unpaired) electrons. The molecule has 5 heteroatoms. The summed E-state index contributed by atoms with van der Waals surface area (Å²) in [7, 11) is 0. The molecule has 1 unspecified atom stereocenters. The van der Waals surface area contributed by atoms with Gasteiger partial charge in [0.1, 0.15) is 0 Å². The molecule has 0 aromatic carbocycles. The molecule has 0 aliphatic carbocycles. The molecule has 3 N–H and O–H groups in total. The molecule has 0 saturated carbocycles. The normalized spacial score (nSPS) is 22.0. The van der Waals surface area contributed by atoms with Gasteiger partial charge in [-0.2, -0.15) is 0 Å². The van der Waals surface area contributed by atoms with Crippen molar-refractivity contribution in [3.8, 4) is 0 Å². The molecule has 1 aliphatic rings. The molecule has 19 heavy (non-hydrogen) atoms. The number of hydrogen-bond donors (Lipinski definition) is 2. The molecular formula is C14H29N3O2. The van der Waals surface area contributed by atoms with Crippen LogP contribution in [0.25, 0.3) is 0 Å². The molecule has 0 aromatic rings. The summed E-state index contributed by atoms with van der Waals surface area (Å²) in [6.45, 7) is 12.9. The number of hydrogen-bond acceptors (Lipinski definition) is 4. The van der Waals surface area contributed by atoms with Crippen LogP contribution >= 0.6 is 0 Å². The van der Waals surface area contributed by atoms with E-state index >= 15 is 0 Å². The van der Waals surface area contributed by atoms with Gasteiger partial charge >= 0.3 is 0 Å². The average molecular weight is 271 g/mol. The second-order valence-corrected chi connectivity index (χ2v) is 6.95. The Morgan fingerprint density at radius 2 is 2.11 bits per heavy atom. The van der Waals surface area contributed by atoms with Crippen molar-refractivity contribution < 1.29 is 9.53 Å². The van der Waals surface area contributed by atoms with Crippen molar-refractivity contribution in [3.05, 3.63) is 0 Å².